The number of alkyl halides is 6. The predicted octanol–water partition coefficient (Wildman–Crippen LogP) is 3.71. The first-order valence-corrected chi connectivity index (χ1v) is 5.89. The molecule has 1 heterocycles. The van der Waals surface area contributed by atoms with Crippen molar-refractivity contribution in [1.82, 2.24) is 0 Å². The van der Waals surface area contributed by atoms with E-state index in [1.165, 1.54) is 12.1 Å². The summed E-state index contributed by atoms with van der Waals surface area (Å²) in [6, 6.07) is 5.26. The Morgan fingerprint density at radius 3 is 1.68 bits per heavy atom. The first-order chi connectivity index (χ1) is 10.0. The topological polar surface area (TPSA) is 40.5 Å². The molecule has 1 aromatic carbocycles. The molecule has 22 heavy (non-hydrogen) atoms. The van der Waals surface area contributed by atoms with Gasteiger partial charge in [-0.05, 0) is 24.3 Å². The number of nitrogens with zero attached hydrogens (tertiary/aromatic N) is 1. The Morgan fingerprint density at radius 1 is 0.955 bits per heavy atom. The van der Waals surface area contributed by atoms with Crippen LogP contribution in [0.5, 0.6) is 0 Å². The number of aliphatic carboxylic acids is 1. The molecule has 0 radical (unpaired) electrons. The zero-order chi connectivity index (χ0) is 17.0. The van der Waals surface area contributed by atoms with E-state index in [2.05, 4.69) is 0 Å². The molecule has 1 N–H and O–H groups in total. The Balaban J connectivity index is 0.000000295. The van der Waals surface area contributed by atoms with Gasteiger partial charge in [0.05, 0.1) is 5.56 Å². The van der Waals surface area contributed by atoms with Crippen molar-refractivity contribution in [1.29, 1.82) is 0 Å². The number of carboxylic acid groups (broad SMARTS) is 1. The average molecular weight is 327 g/mol. The molecule has 0 unspecified atom stereocenters. The van der Waals surface area contributed by atoms with E-state index in [1.807, 2.05) is 17.1 Å². The maximum atomic E-state index is 12.3. The molecule has 0 atom stereocenters. The van der Waals surface area contributed by atoms with Crippen LogP contribution < -0.4 is 4.90 Å². The number of carbonyl (C=O) groups is 1. The van der Waals surface area contributed by atoms with Gasteiger partial charge in [0.25, 0.3) is 0 Å². The van der Waals surface area contributed by atoms with Crippen molar-refractivity contribution in [2.75, 3.05) is 18.0 Å². The largest absolute Gasteiger partial charge is 0.490 e. The van der Waals surface area contributed by atoms with Gasteiger partial charge in [0.1, 0.15) is 0 Å². The van der Waals surface area contributed by atoms with E-state index in [0.717, 1.165) is 30.9 Å². The Hall–Kier alpha value is -2.19. The molecule has 0 amide bonds. The highest BCUT2D eigenvalue weighted by molar-refractivity contribution is 5.73. The fraction of sp³-hybridized carbons (Fsp3) is 0.308. The molecule has 2 rings (SSSR count). The van der Waals surface area contributed by atoms with E-state index in [0.29, 0.717) is 0 Å². The quantitative estimate of drug-likeness (QED) is 0.631. The second-order valence-corrected chi connectivity index (χ2v) is 4.22. The van der Waals surface area contributed by atoms with E-state index in [4.69, 9.17) is 9.90 Å². The smallest absolute Gasteiger partial charge is 0.475 e. The van der Waals surface area contributed by atoms with E-state index in [1.54, 1.807) is 0 Å². The Bertz CT molecular complexity index is 525. The van der Waals surface area contributed by atoms with Gasteiger partial charge in [-0.1, -0.05) is 12.2 Å². The molecule has 0 fully saturated rings. The molecule has 0 aliphatic carbocycles. The number of benzene rings is 1. The zero-order valence-corrected chi connectivity index (χ0v) is 10.9. The molecule has 0 saturated heterocycles. The van der Waals surface area contributed by atoms with Crippen LogP contribution in [0.2, 0.25) is 0 Å². The Labute approximate surface area is 121 Å². The third-order valence-corrected chi connectivity index (χ3v) is 2.62. The summed E-state index contributed by atoms with van der Waals surface area (Å²) in [5.41, 5.74) is 0.228. The highest BCUT2D eigenvalue weighted by atomic mass is 19.4. The van der Waals surface area contributed by atoms with Gasteiger partial charge < -0.3 is 10.0 Å². The SMILES string of the molecule is FC(F)(F)c1ccc(N2CC=CC2)cc1.O=C(O)C(F)(F)F. The zero-order valence-electron chi connectivity index (χ0n) is 10.9. The molecule has 1 aliphatic heterocycles. The predicted molar refractivity (Wildman–Crippen MR) is 66.5 cm³/mol. The van der Waals surface area contributed by atoms with Crippen molar-refractivity contribution >= 4 is 11.7 Å². The monoisotopic (exact) mass is 327 g/mol. The fourth-order valence-electron chi connectivity index (χ4n) is 1.55. The van der Waals surface area contributed by atoms with Gasteiger partial charge in [-0.2, -0.15) is 26.3 Å². The van der Waals surface area contributed by atoms with Crippen LogP contribution in [0.15, 0.2) is 36.4 Å². The van der Waals surface area contributed by atoms with E-state index < -0.39 is 23.9 Å². The van der Waals surface area contributed by atoms with Crippen LogP contribution in [0.1, 0.15) is 5.56 Å². The Kier molecular flexibility index (Phi) is 5.45. The summed E-state index contributed by atoms with van der Waals surface area (Å²) in [5, 5.41) is 7.12. The van der Waals surface area contributed by atoms with Gasteiger partial charge in [-0.3, -0.25) is 0 Å². The lowest BCUT2D eigenvalue weighted by Gasteiger charge is -2.18. The van der Waals surface area contributed by atoms with E-state index in [-0.39, 0.29) is 0 Å². The van der Waals surface area contributed by atoms with Crippen LogP contribution in [-0.4, -0.2) is 30.3 Å². The average Bonchev–Trinajstić information content (AvgIpc) is 2.91. The molecule has 0 aromatic heterocycles. The molecular formula is C13H11F6NO2. The maximum Gasteiger partial charge on any atom is 0.490 e. The van der Waals surface area contributed by atoms with Crippen molar-refractivity contribution < 1.29 is 36.2 Å². The van der Waals surface area contributed by atoms with Crippen LogP contribution in [0.3, 0.4) is 0 Å². The minimum absolute atomic E-state index is 0.599. The maximum absolute atomic E-state index is 12.3. The number of halogens is 6. The Morgan fingerprint density at radius 2 is 1.36 bits per heavy atom. The lowest BCUT2D eigenvalue weighted by atomic mass is 10.2. The lowest BCUT2D eigenvalue weighted by Crippen LogP contribution is -2.21. The molecule has 3 nitrogen and oxygen atoms in total. The van der Waals surface area contributed by atoms with Crippen molar-refractivity contribution in [2.45, 2.75) is 12.4 Å². The number of hydrogen-bond donors (Lipinski definition) is 1. The van der Waals surface area contributed by atoms with Crippen molar-refractivity contribution in [2.24, 2.45) is 0 Å². The van der Waals surface area contributed by atoms with Crippen LogP contribution in [0.25, 0.3) is 0 Å². The second kappa shape index (κ2) is 6.71. The molecule has 0 spiro atoms. The number of hydrogen-bond acceptors (Lipinski definition) is 2. The number of rotatable bonds is 1. The molecule has 0 bridgehead atoms. The van der Waals surface area contributed by atoms with Crippen molar-refractivity contribution in [3.8, 4) is 0 Å². The molecule has 1 aromatic rings. The third kappa shape index (κ3) is 5.30. The summed E-state index contributed by atoms with van der Waals surface area (Å²) in [7, 11) is 0. The standard InChI is InChI=1S/C11H10F3N.C2HF3O2/c12-11(13,14)9-3-5-10(6-4-9)15-7-1-2-8-15;3-2(4,5)1(6)7/h1-6H,7-8H2;(H,6,7). The van der Waals surface area contributed by atoms with Gasteiger partial charge in [-0.25, -0.2) is 4.79 Å². The van der Waals surface area contributed by atoms with Crippen LogP contribution in [-0.2, 0) is 11.0 Å². The van der Waals surface area contributed by atoms with Gasteiger partial charge in [0.2, 0.25) is 0 Å². The molecule has 9 heteroatoms. The van der Waals surface area contributed by atoms with Crippen molar-refractivity contribution in [3.63, 3.8) is 0 Å². The van der Waals surface area contributed by atoms with Gasteiger partial charge >= 0.3 is 18.3 Å². The summed E-state index contributed by atoms with van der Waals surface area (Å²) in [5.74, 6) is -2.76. The minimum Gasteiger partial charge on any atom is -0.475 e. The minimum atomic E-state index is -5.08. The van der Waals surface area contributed by atoms with Gasteiger partial charge in [0.15, 0.2) is 0 Å². The molecular weight excluding hydrogens is 316 g/mol. The number of carboxylic acids is 1. The molecule has 0 saturated carbocycles. The number of anilines is 1. The normalized spacial score (nSPS) is 14.5. The van der Waals surface area contributed by atoms with E-state index >= 15 is 0 Å². The summed E-state index contributed by atoms with van der Waals surface area (Å²) < 4.78 is 68.5. The fourth-order valence-corrected chi connectivity index (χ4v) is 1.55. The van der Waals surface area contributed by atoms with Crippen molar-refractivity contribution in [3.05, 3.63) is 42.0 Å². The highest BCUT2D eigenvalue weighted by Gasteiger charge is 2.38. The first kappa shape index (κ1) is 17.9. The van der Waals surface area contributed by atoms with Crippen LogP contribution in [0.4, 0.5) is 32.0 Å². The van der Waals surface area contributed by atoms with E-state index in [9.17, 15) is 26.3 Å². The lowest BCUT2D eigenvalue weighted by molar-refractivity contribution is -0.192. The highest BCUT2D eigenvalue weighted by Crippen LogP contribution is 2.30. The van der Waals surface area contributed by atoms with Crippen LogP contribution in [0, 0.1) is 0 Å². The summed E-state index contributed by atoms with van der Waals surface area (Å²) in [4.78, 5) is 10.9. The third-order valence-electron chi connectivity index (χ3n) is 2.62. The summed E-state index contributed by atoms with van der Waals surface area (Å²) in [6.07, 6.45) is -5.34. The van der Waals surface area contributed by atoms with Gasteiger partial charge in [-0.15, -0.1) is 0 Å². The second-order valence-electron chi connectivity index (χ2n) is 4.22. The first-order valence-electron chi connectivity index (χ1n) is 5.89. The van der Waals surface area contributed by atoms with Gasteiger partial charge in [0, 0.05) is 18.8 Å². The molecule has 122 valence electrons. The molecule has 1 aliphatic rings. The summed E-state index contributed by atoms with van der Waals surface area (Å²) >= 11 is 0. The van der Waals surface area contributed by atoms with Crippen LogP contribution >= 0.6 is 0 Å². The summed E-state index contributed by atoms with van der Waals surface area (Å²) in [6.45, 7) is 1.54.